The molecule has 3 N–H and O–H groups in total. The van der Waals surface area contributed by atoms with Gasteiger partial charge in [0, 0.05) is 40.3 Å². The van der Waals surface area contributed by atoms with Gasteiger partial charge < -0.3 is 15.1 Å². The Bertz CT molecular complexity index is 1050. The van der Waals surface area contributed by atoms with Crippen molar-refractivity contribution in [2.24, 2.45) is 4.99 Å². The maximum absolute atomic E-state index is 10.1. The third kappa shape index (κ3) is 2.65. The van der Waals surface area contributed by atoms with Crippen LogP contribution in [0.5, 0.6) is 5.88 Å². The molecule has 5 heteroatoms. The van der Waals surface area contributed by atoms with Gasteiger partial charge in [0.1, 0.15) is 0 Å². The molecule has 2 aromatic heterocycles. The number of nitrogens with zero attached hydrogens (tertiary/aromatic N) is 1. The minimum Gasteiger partial charge on any atom is -0.494 e. The summed E-state index contributed by atoms with van der Waals surface area (Å²) in [7, 11) is 0. The van der Waals surface area contributed by atoms with Gasteiger partial charge in [0.2, 0.25) is 0 Å². The van der Waals surface area contributed by atoms with E-state index < -0.39 is 0 Å². The molecule has 0 aliphatic rings. The highest BCUT2D eigenvalue weighted by Crippen LogP contribution is 2.27. The third-order valence-corrected chi connectivity index (χ3v) is 4.42. The van der Waals surface area contributed by atoms with Gasteiger partial charge in [-0.25, -0.2) is 0 Å². The van der Waals surface area contributed by atoms with Crippen LogP contribution < -0.4 is 0 Å². The number of H-pyrrole nitrogens is 2. The van der Waals surface area contributed by atoms with Crippen molar-refractivity contribution in [3.63, 3.8) is 0 Å². The number of hydrogen-bond donors (Lipinski definition) is 3. The van der Waals surface area contributed by atoms with Crippen LogP contribution in [0.2, 0.25) is 5.02 Å². The van der Waals surface area contributed by atoms with Gasteiger partial charge in [0.05, 0.1) is 11.1 Å². The number of nitrogens with one attached hydrogen (secondary N) is 2. The van der Waals surface area contributed by atoms with E-state index in [1.165, 1.54) is 10.9 Å². The van der Waals surface area contributed by atoms with E-state index in [9.17, 15) is 5.11 Å². The Balaban J connectivity index is 1.53. The van der Waals surface area contributed by atoms with E-state index in [2.05, 4.69) is 27.1 Å². The lowest BCUT2D eigenvalue weighted by Crippen LogP contribution is -1.89. The first kappa shape index (κ1) is 14.8. The number of aliphatic imine (C=N–C) groups is 1. The molecule has 0 amide bonds. The first-order valence-corrected chi connectivity index (χ1v) is 8.15. The molecule has 0 atom stereocenters. The molecule has 0 saturated heterocycles. The fraction of sp³-hybridized carbons (Fsp3) is 0.105. The van der Waals surface area contributed by atoms with E-state index in [0.29, 0.717) is 17.1 Å². The highest BCUT2D eigenvalue weighted by molar-refractivity contribution is 6.31. The zero-order chi connectivity index (χ0) is 16.5. The van der Waals surface area contributed by atoms with Crippen LogP contribution in [-0.2, 0) is 6.42 Å². The Hall–Kier alpha value is -2.72. The van der Waals surface area contributed by atoms with Gasteiger partial charge in [-0.15, -0.1) is 0 Å². The average molecular weight is 338 g/mol. The molecule has 0 radical (unpaired) electrons. The summed E-state index contributed by atoms with van der Waals surface area (Å²) in [6.07, 6.45) is 4.59. The van der Waals surface area contributed by atoms with E-state index >= 15 is 0 Å². The third-order valence-electron chi connectivity index (χ3n) is 4.19. The SMILES string of the molecule is Oc1[nH]c2cc(Cl)ccc2c1C=NCCc1c[nH]c2ccccc12. The summed E-state index contributed by atoms with van der Waals surface area (Å²) in [6.45, 7) is 0.654. The summed E-state index contributed by atoms with van der Waals surface area (Å²) in [4.78, 5) is 10.7. The van der Waals surface area contributed by atoms with E-state index in [-0.39, 0.29) is 5.88 Å². The molecule has 4 nitrogen and oxygen atoms in total. The second-order valence-electron chi connectivity index (χ2n) is 5.72. The van der Waals surface area contributed by atoms with Crippen molar-refractivity contribution in [2.75, 3.05) is 6.54 Å². The second kappa shape index (κ2) is 6.06. The molecule has 0 saturated carbocycles. The molecule has 24 heavy (non-hydrogen) atoms. The van der Waals surface area contributed by atoms with Crippen LogP contribution in [-0.4, -0.2) is 27.8 Å². The van der Waals surface area contributed by atoms with Gasteiger partial charge in [-0.2, -0.15) is 0 Å². The Kier molecular flexibility index (Phi) is 3.75. The van der Waals surface area contributed by atoms with Gasteiger partial charge >= 0.3 is 0 Å². The minimum atomic E-state index is 0.114. The summed E-state index contributed by atoms with van der Waals surface area (Å²) < 4.78 is 0. The number of benzene rings is 2. The van der Waals surface area contributed by atoms with Crippen LogP contribution in [0.25, 0.3) is 21.8 Å². The van der Waals surface area contributed by atoms with Crippen LogP contribution in [0.4, 0.5) is 0 Å². The molecule has 4 rings (SSSR count). The number of rotatable bonds is 4. The van der Waals surface area contributed by atoms with Gasteiger partial charge in [0.25, 0.3) is 0 Å². The first-order valence-electron chi connectivity index (χ1n) is 7.77. The van der Waals surface area contributed by atoms with Gasteiger partial charge in [0.15, 0.2) is 5.88 Å². The molecule has 0 aliphatic carbocycles. The Morgan fingerprint density at radius 2 is 1.96 bits per heavy atom. The van der Waals surface area contributed by atoms with Crippen LogP contribution in [0.1, 0.15) is 11.1 Å². The molecular weight excluding hydrogens is 322 g/mol. The Labute approximate surface area is 143 Å². The topological polar surface area (TPSA) is 64.2 Å². The number of para-hydroxylation sites is 1. The predicted octanol–water partition coefficient (Wildman–Crippen LogP) is 4.67. The number of hydrogen-bond acceptors (Lipinski definition) is 2. The quantitative estimate of drug-likeness (QED) is 0.465. The summed E-state index contributed by atoms with van der Waals surface area (Å²) in [6, 6.07) is 13.7. The van der Waals surface area contributed by atoms with Gasteiger partial charge in [-0.3, -0.25) is 4.99 Å². The number of fused-ring (bicyclic) bond motifs is 2. The van der Waals surface area contributed by atoms with Crippen molar-refractivity contribution in [2.45, 2.75) is 6.42 Å². The van der Waals surface area contributed by atoms with Crippen molar-refractivity contribution in [1.82, 2.24) is 9.97 Å². The molecule has 2 heterocycles. The van der Waals surface area contributed by atoms with Gasteiger partial charge in [-0.05, 0) is 30.2 Å². The largest absolute Gasteiger partial charge is 0.494 e. The highest BCUT2D eigenvalue weighted by Gasteiger charge is 2.09. The molecule has 0 aliphatic heterocycles. The van der Waals surface area contributed by atoms with E-state index in [0.717, 1.165) is 22.8 Å². The fourth-order valence-electron chi connectivity index (χ4n) is 2.99. The lowest BCUT2D eigenvalue weighted by molar-refractivity contribution is 0.457. The molecule has 0 unspecified atom stereocenters. The number of aromatic amines is 2. The number of aromatic nitrogens is 2. The summed E-state index contributed by atoms with van der Waals surface area (Å²) in [5.74, 6) is 0.114. The van der Waals surface area contributed by atoms with Crippen molar-refractivity contribution >= 4 is 39.6 Å². The van der Waals surface area contributed by atoms with Crippen molar-refractivity contribution in [1.29, 1.82) is 0 Å². The Morgan fingerprint density at radius 3 is 2.88 bits per heavy atom. The summed E-state index contributed by atoms with van der Waals surface area (Å²) in [5.41, 5.74) is 3.89. The second-order valence-corrected chi connectivity index (χ2v) is 6.16. The standard InChI is InChI=1S/C19H16ClN3O/c20-13-5-6-15-16(19(24)23-18(15)9-13)11-21-8-7-12-10-22-17-4-2-1-3-14(12)17/h1-6,9-11,22-24H,7-8H2. The molecule has 4 aromatic rings. The predicted molar refractivity (Wildman–Crippen MR) is 99.4 cm³/mol. The lowest BCUT2D eigenvalue weighted by atomic mass is 10.1. The molecular formula is C19H16ClN3O. The number of aromatic hydroxyl groups is 1. The first-order chi connectivity index (χ1) is 11.7. The van der Waals surface area contributed by atoms with Crippen molar-refractivity contribution in [3.8, 4) is 5.88 Å². The van der Waals surface area contributed by atoms with Crippen LogP contribution >= 0.6 is 11.6 Å². The average Bonchev–Trinajstić information content (AvgIpc) is 3.12. The fourth-order valence-corrected chi connectivity index (χ4v) is 3.16. The molecule has 0 fully saturated rings. The summed E-state index contributed by atoms with van der Waals surface area (Å²) in [5, 5.41) is 12.8. The van der Waals surface area contributed by atoms with E-state index in [1.807, 2.05) is 24.4 Å². The minimum absolute atomic E-state index is 0.114. The Morgan fingerprint density at radius 1 is 1.08 bits per heavy atom. The zero-order valence-corrected chi connectivity index (χ0v) is 13.6. The molecule has 120 valence electrons. The molecule has 2 aromatic carbocycles. The zero-order valence-electron chi connectivity index (χ0n) is 12.9. The maximum atomic E-state index is 10.1. The van der Waals surface area contributed by atoms with Crippen molar-refractivity contribution < 1.29 is 5.11 Å². The van der Waals surface area contributed by atoms with E-state index in [1.54, 1.807) is 18.3 Å². The van der Waals surface area contributed by atoms with E-state index in [4.69, 9.17) is 11.6 Å². The smallest absolute Gasteiger partial charge is 0.198 e. The monoisotopic (exact) mass is 337 g/mol. The molecule has 0 bridgehead atoms. The lowest BCUT2D eigenvalue weighted by Gasteiger charge is -1.96. The maximum Gasteiger partial charge on any atom is 0.198 e. The normalized spacial score (nSPS) is 11.9. The summed E-state index contributed by atoms with van der Waals surface area (Å²) >= 11 is 5.97. The van der Waals surface area contributed by atoms with Crippen LogP contribution in [0.15, 0.2) is 53.7 Å². The van der Waals surface area contributed by atoms with Crippen molar-refractivity contribution in [3.05, 3.63) is 64.8 Å². The number of halogens is 1. The highest BCUT2D eigenvalue weighted by atomic mass is 35.5. The van der Waals surface area contributed by atoms with Gasteiger partial charge in [-0.1, -0.05) is 35.9 Å². The molecule has 0 spiro atoms. The van der Waals surface area contributed by atoms with Crippen LogP contribution in [0, 0.1) is 0 Å². The van der Waals surface area contributed by atoms with Crippen LogP contribution in [0.3, 0.4) is 0 Å².